The Balaban J connectivity index is 2.35. The van der Waals surface area contributed by atoms with Gasteiger partial charge in [0.2, 0.25) is 0 Å². The van der Waals surface area contributed by atoms with E-state index < -0.39 is 24.4 Å². The number of hydrogen-bond donors (Lipinski definition) is 2. The van der Waals surface area contributed by atoms with Crippen LogP contribution in [0.2, 0.25) is 0 Å². The minimum atomic E-state index is -1.15. The van der Waals surface area contributed by atoms with Crippen LogP contribution in [-0.2, 0) is 14.4 Å². The van der Waals surface area contributed by atoms with E-state index in [9.17, 15) is 14.4 Å². The summed E-state index contributed by atoms with van der Waals surface area (Å²) < 4.78 is 0.166. The normalized spacial score (nSPS) is 23.8. The number of carbonyl (C=O) groups is 3. The van der Waals surface area contributed by atoms with Crippen LogP contribution in [0, 0.1) is 0 Å². The van der Waals surface area contributed by atoms with Gasteiger partial charge in [-0.05, 0) is 6.92 Å². The van der Waals surface area contributed by atoms with Crippen molar-refractivity contribution in [1.82, 2.24) is 9.80 Å². The molecule has 0 aromatic rings. The average molecular weight is 360 g/mol. The van der Waals surface area contributed by atoms with Gasteiger partial charge in [-0.15, -0.1) is 0 Å². The molecular formula is C12H12N2O5S3. The van der Waals surface area contributed by atoms with Crippen molar-refractivity contribution in [3.63, 3.8) is 0 Å². The standard InChI is InChI=1S/C12H12N2O5S3/c1-2-6-3-13(4-7(15)16)11(21-6)9-10(19)14(5-8(17)18)12(20)22-9/h2H,3-5H2,1H3,(H,15,16)(H,17,18). The van der Waals surface area contributed by atoms with Crippen molar-refractivity contribution in [1.29, 1.82) is 0 Å². The second-order valence-electron chi connectivity index (χ2n) is 4.39. The SMILES string of the molecule is CC=C1CN(CC(=O)O)C(=C2SC(=S)N(CC(=O)O)C2=O)S1. The number of allylic oxidation sites excluding steroid dienone is 1. The first-order valence-corrected chi connectivity index (χ1v) is 8.17. The number of thioether (sulfide) groups is 2. The minimum Gasteiger partial charge on any atom is -0.480 e. The summed E-state index contributed by atoms with van der Waals surface area (Å²) in [5.41, 5.74) is 0. The summed E-state index contributed by atoms with van der Waals surface area (Å²) in [5, 5.41) is 18.3. The van der Waals surface area contributed by atoms with Crippen LogP contribution >= 0.6 is 35.7 Å². The van der Waals surface area contributed by atoms with E-state index in [0.29, 0.717) is 11.6 Å². The fourth-order valence-electron chi connectivity index (χ4n) is 1.91. The summed E-state index contributed by atoms with van der Waals surface area (Å²) in [6, 6.07) is 0. The molecule has 2 aliphatic rings. The van der Waals surface area contributed by atoms with Crippen molar-refractivity contribution < 1.29 is 24.6 Å². The molecule has 0 bridgehead atoms. The number of amides is 1. The number of hydrogen-bond acceptors (Lipinski definition) is 7. The lowest BCUT2D eigenvalue weighted by atomic mass is 10.4. The maximum Gasteiger partial charge on any atom is 0.323 e. The monoisotopic (exact) mass is 360 g/mol. The highest BCUT2D eigenvalue weighted by Crippen LogP contribution is 2.45. The molecule has 0 radical (unpaired) electrons. The molecule has 0 aliphatic carbocycles. The van der Waals surface area contributed by atoms with Crippen LogP contribution in [-0.4, -0.2) is 61.8 Å². The molecule has 2 rings (SSSR count). The molecule has 0 aromatic heterocycles. The van der Waals surface area contributed by atoms with E-state index in [1.165, 1.54) is 11.8 Å². The summed E-state index contributed by atoms with van der Waals surface area (Å²) in [4.78, 5) is 37.9. The molecule has 1 amide bonds. The van der Waals surface area contributed by atoms with Crippen LogP contribution in [0.4, 0.5) is 0 Å². The van der Waals surface area contributed by atoms with E-state index in [-0.39, 0.29) is 15.8 Å². The highest BCUT2D eigenvalue weighted by Gasteiger charge is 2.39. The fraction of sp³-hybridized carbons (Fsp3) is 0.333. The Morgan fingerprint density at radius 1 is 1.27 bits per heavy atom. The van der Waals surface area contributed by atoms with Crippen molar-refractivity contribution in [2.75, 3.05) is 19.6 Å². The number of thiocarbonyl (C=S) groups is 1. The summed E-state index contributed by atoms with van der Waals surface area (Å²) in [6.45, 7) is 1.51. The number of nitrogens with zero attached hydrogens (tertiary/aromatic N) is 2. The molecule has 7 nitrogen and oxygen atoms in total. The fourth-order valence-corrected chi connectivity index (χ4v) is 4.43. The van der Waals surface area contributed by atoms with Gasteiger partial charge in [-0.2, -0.15) is 0 Å². The largest absolute Gasteiger partial charge is 0.480 e. The second kappa shape index (κ2) is 6.71. The van der Waals surface area contributed by atoms with Crippen molar-refractivity contribution in [3.8, 4) is 0 Å². The Bertz CT molecular complexity index is 628. The molecule has 2 fully saturated rings. The van der Waals surface area contributed by atoms with Crippen LogP contribution in [0.5, 0.6) is 0 Å². The summed E-state index contributed by atoms with van der Waals surface area (Å²) >= 11 is 7.36. The topological polar surface area (TPSA) is 98.2 Å². The first kappa shape index (κ1) is 16.8. The average Bonchev–Trinajstić information content (AvgIpc) is 2.93. The Hall–Kier alpha value is -1.52. The van der Waals surface area contributed by atoms with E-state index in [2.05, 4.69) is 0 Å². The molecule has 0 atom stereocenters. The van der Waals surface area contributed by atoms with Gasteiger partial charge in [-0.25, -0.2) is 0 Å². The molecule has 0 spiro atoms. The minimum absolute atomic E-state index is 0.166. The van der Waals surface area contributed by atoms with Crippen molar-refractivity contribution in [2.24, 2.45) is 0 Å². The van der Waals surface area contributed by atoms with Crippen molar-refractivity contribution >= 4 is 57.9 Å². The third kappa shape index (κ3) is 3.45. The summed E-state index contributed by atoms with van der Waals surface area (Å²) in [7, 11) is 0. The van der Waals surface area contributed by atoms with Crippen LogP contribution < -0.4 is 0 Å². The number of rotatable bonds is 4. The second-order valence-corrected chi connectivity index (χ2v) is 7.15. The lowest BCUT2D eigenvalue weighted by molar-refractivity contribution is -0.140. The van der Waals surface area contributed by atoms with Crippen LogP contribution in [0.3, 0.4) is 0 Å². The molecule has 2 saturated heterocycles. The molecule has 0 unspecified atom stereocenters. The summed E-state index contributed by atoms with van der Waals surface area (Å²) in [5.74, 6) is -2.65. The van der Waals surface area contributed by atoms with Gasteiger partial charge < -0.3 is 15.1 Å². The van der Waals surface area contributed by atoms with Gasteiger partial charge in [0.15, 0.2) is 0 Å². The van der Waals surface area contributed by atoms with Crippen molar-refractivity contribution in [3.05, 3.63) is 20.9 Å². The zero-order valence-electron chi connectivity index (χ0n) is 11.4. The zero-order valence-corrected chi connectivity index (χ0v) is 13.9. The van der Waals surface area contributed by atoms with Gasteiger partial charge >= 0.3 is 11.9 Å². The highest BCUT2D eigenvalue weighted by molar-refractivity contribution is 8.27. The lowest BCUT2D eigenvalue weighted by Gasteiger charge is -2.17. The predicted octanol–water partition coefficient (Wildman–Crippen LogP) is 1.14. The Kier molecular flexibility index (Phi) is 5.14. The smallest absolute Gasteiger partial charge is 0.323 e. The van der Waals surface area contributed by atoms with Crippen molar-refractivity contribution in [2.45, 2.75) is 6.92 Å². The molecule has 2 aliphatic heterocycles. The van der Waals surface area contributed by atoms with E-state index in [1.54, 1.807) is 4.90 Å². The highest BCUT2D eigenvalue weighted by atomic mass is 32.2. The molecule has 0 saturated carbocycles. The van der Waals surface area contributed by atoms with E-state index in [4.69, 9.17) is 22.4 Å². The predicted molar refractivity (Wildman–Crippen MR) is 87.1 cm³/mol. The zero-order chi connectivity index (χ0) is 16.4. The van der Waals surface area contributed by atoms with Gasteiger partial charge in [-0.1, -0.05) is 41.8 Å². The van der Waals surface area contributed by atoms with Crippen LogP contribution in [0.25, 0.3) is 0 Å². The molecule has 10 heteroatoms. The number of carboxylic acid groups (broad SMARTS) is 2. The Labute approximate surface area is 140 Å². The van der Waals surface area contributed by atoms with E-state index >= 15 is 0 Å². The Morgan fingerprint density at radius 2 is 1.91 bits per heavy atom. The third-order valence-corrected chi connectivity index (χ3v) is 5.70. The lowest BCUT2D eigenvalue weighted by Crippen LogP contribution is -2.34. The van der Waals surface area contributed by atoms with Crippen LogP contribution in [0.1, 0.15) is 6.92 Å². The molecule has 0 aromatic carbocycles. The maximum absolute atomic E-state index is 12.4. The summed E-state index contributed by atoms with van der Waals surface area (Å²) in [6.07, 6.45) is 1.85. The van der Waals surface area contributed by atoms with E-state index in [1.807, 2.05) is 13.0 Å². The van der Waals surface area contributed by atoms with E-state index in [0.717, 1.165) is 21.6 Å². The van der Waals surface area contributed by atoms with Gasteiger partial charge in [0.05, 0.1) is 11.6 Å². The first-order valence-electron chi connectivity index (χ1n) is 6.13. The maximum atomic E-state index is 12.4. The third-order valence-electron chi connectivity index (χ3n) is 2.85. The molecule has 2 N–H and O–H groups in total. The van der Waals surface area contributed by atoms with Crippen LogP contribution in [0.15, 0.2) is 20.9 Å². The Morgan fingerprint density at radius 3 is 2.45 bits per heavy atom. The van der Waals surface area contributed by atoms with Gasteiger partial charge in [0.25, 0.3) is 5.91 Å². The number of carboxylic acids is 2. The first-order chi connectivity index (χ1) is 10.3. The quantitative estimate of drug-likeness (QED) is 0.565. The van der Waals surface area contributed by atoms with Gasteiger partial charge in [0, 0.05) is 4.91 Å². The molecule has 118 valence electrons. The van der Waals surface area contributed by atoms with Gasteiger partial charge in [0.1, 0.15) is 22.3 Å². The number of aliphatic carboxylic acids is 2. The number of carbonyl (C=O) groups excluding carboxylic acids is 1. The van der Waals surface area contributed by atoms with Gasteiger partial charge in [-0.3, -0.25) is 19.3 Å². The molecule has 2 heterocycles. The molecular weight excluding hydrogens is 348 g/mol. The molecule has 22 heavy (non-hydrogen) atoms.